The minimum Gasteiger partial charge on any atom is -0.354 e. The lowest BCUT2D eigenvalue weighted by Crippen LogP contribution is -2.62. The van der Waals surface area contributed by atoms with Gasteiger partial charge in [-0.25, -0.2) is 4.98 Å². The highest BCUT2D eigenvalue weighted by Crippen LogP contribution is 2.27. The van der Waals surface area contributed by atoms with E-state index in [9.17, 15) is 4.79 Å². The number of carbonyl (C=O) groups excluding carboxylic acids is 1. The molecule has 0 unspecified atom stereocenters. The van der Waals surface area contributed by atoms with Crippen molar-refractivity contribution >= 4 is 17.7 Å². The Bertz CT molecular complexity index is 486. The molecule has 1 aromatic heterocycles. The predicted octanol–water partition coefficient (Wildman–Crippen LogP) is 0.932. The third-order valence-corrected chi connectivity index (χ3v) is 3.39. The summed E-state index contributed by atoms with van der Waals surface area (Å²) in [4.78, 5) is 22.8. The molecule has 2 N–H and O–H groups in total. The molecule has 6 nitrogen and oxygen atoms in total. The number of carbonyl (C=O) groups is 1. The van der Waals surface area contributed by atoms with E-state index in [1.807, 2.05) is 32.6 Å². The molecule has 104 valence electrons. The van der Waals surface area contributed by atoms with Gasteiger partial charge in [-0.3, -0.25) is 4.79 Å². The molecule has 1 aromatic rings. The molecule has 0 aromatic carbocycles. The molecule has 1 amide bonds. The van der Waals surface area contributed by atoms with Crippen LogP contribution >= 0.6 is 0 Å². The Morgan fingerprint density at radius 2 is 2.26 bits per heavy atom. The van der Waals surface area contributed by atoms with E-state index >= 15 is 0 Å². The number of piperazine rings is 1. The number of anilines is 2. The number of nitrogens with zero attached hydrogens (tertiary/aromatic N) is 3. The zero-order chi connectivity index (χ0) is 14.0. The molecule has 0 bridgehead atoms. The first kappa shape index (κ1) is 13.6. The molecule has 0 aliphatic carbocycles. The van der Waals surface area contributed by atoms with Gasteiger partial charge in [-0.2, -0.15) is 4.98 Å². The molecule has 2 heterocycles. The van der Waals surface area contributed by atoms with Gasteiger partial charge in [-0.15, -0.1) is 0 Å². The molecule has 1 saturated heterocycles. The lowest BCUT2D eigenvalue weighted by molar-refractivity contribution is -0.126. The first-order valence-electron chi connectivity index (χ1n) is 6.60. The summed E-state index contributed by atoms with van der Waals surface area (Å²) in [7, 11) is 0. The lowest BCUT2D eigenvalue weighted by atomic mass is 9.98. The fourth-order valence-corrected chi connectivity index (χ4v) is 2.22. The van der Waals surface area contributed by atoms with E-state index in [0.29, 0.717) is 12.5 Å². The number of hydrogen-bond acceptors (Lipinski definition) is 5. The number of aryl methyl sites for hydroxylation is 1. The van der Waals surface area contributed by atoms with Crippen LogP contribution in [0.4, 0.5) is 11.8 Å². The smallest absolute Gasteiger partial charge is 0.245 e. The summed E-state index contributed by atoms with van der Waals surface area (Å²) in [6.45, 7) is 9.96. The maximum Gasteiger partial charge on any atom is 0.245 e. The quantitative estimate of drug-likeness (QED) is 0.849. The molecule has 1 fully saturated rings. The summed E-state index contributed by atoms with van der Waals surface area (Å²) in [5.74, 6) is 1.46. The molecule has 1 aliphatic rings. The summed E-state index contributed by atoms with van der Waals surface area (Å²) >= 11 is 0. The van der Waals surface area contributed by atoms with E-state index in [0.717, 1.165) is 24.5 Å². The summed E-state index contributed by atoms with van der Waals surface area (Å²) in [6, 6.07) is 0. The number of aromatic nitrogens is 2. The molecule has 0 saturated carbocycles. The van der Waals surface area contributed by atoms with Crippen LogP contribution in [0.15, 0.2) is 6.20 Å². The highest BCUT2D eigenvalue weighted by molar-refractivity contribution is 5.90. The van der Waals surface area contributed by atoms with Crippen molar-refractivity contribution in [3.8, 4) is 0 Å². The normalized spacial score (nSPS) is 18.1. The van der Waals surface area contributed by atoms with Gasteiger partial charge in [-0.1, -0.05) is 0 Å². The zero-order valence-electron chi connectivity index (χ0n) is 11.9. The minimum absolute atomic E-state index is 0.0294. The topological polar surface area (TPSA) is 70.2 Å². The standard InChI is InChI=1S/C13H21N5O/c1-5-14-12-16-8-9(2)10(17-12)18-7-6-15-11(19)13(18,3)4/h8H,5-7H2,1-4H3,(H,15,19)(H,14,16,17). The molecular weight excluding hydrogens is 242 g/mol. The van der Waals surface area contributed by atoms with E-state index in [4.69, 9.17) is 0 Å². The minimum atomic E-state index is -0.596. The van der Waals surface area contributed by atoms with Gasteiger partial charge in [0.25, 0.3) is 0 Å². The van der Waals surface area contributed by atoms with Crippen LogP contribution in [0.5, 0.6) is 0 Å². The molecule has 6 heteroatoms. The van der Waals surface area contributed by atoms with Gasteiger partial charge in [0, 0.05) is 31.4 Å². The molecule has 0 atom stereocenters. The van der Waals surface area contributed by atoms with Crippen LogP contribution in [-0.4, -0.2) is 41.0 Å². The van der Waals surface area contributed by atoms with Crippen LogP contribution in [-0.2, 0) is 4.79 Å². The van der Waals surface area contributed by atoms with Crippen molar-refractivity contribution in [3.05, 3.63) is 11.8 Å². The van der Waals surface area contributed by atoms with Crippen LogP contribution in [0.2, 0.25) is 0 Å². The Morgan fingerprint density at radius 1 is 1.53 bits per heavy atom. The van der Waals surface area contributed by atoms with Gasteiger partial charge >= 0.3 is 0 Å². The first-order chi connectivity index (χ1) is 8.96. The van der Waals surface area contributed by atoms with Crippen molar-refractivity contribution in [2.75, 3.05) is 29.9 Å². The molecule has 0 radical (unpaired) electrons. The van der Waals surface area contributed by atoms with Gasteiger partial charge in [0.05, 0.1) is 0 Å². The van der Waals surface area contributed by atoms with Gasteiger partial charge in [-0.05, 0) is 27.7 Å². The number of rotatable bonds is 3. The van der Waals surface area contributed by atoms with Crippen molar-refractivity contribution in [2.45, 2.75) is 33.2 Å². The third kappa shape index (κ3) is 2.47. The maximum atomic E-state index is 12.0. The Balaban J connectivity index is 2.39. The first-order valence-corrected chi connectivity index (χ1v) is 6.60. The predicted molar refractivity (Wildman–Crippen MR) is 75.4 cm³/mol. The number of amides is 1. The van der Waals surface area contributed by atoms with E-state index in [1.165, 1.54) is 0 Å². The van der Waals surface area contributed by atoms with Gasteiger partial charge in [0.1, 0.15) is 11.4 Å². The summed E-state index contributed by atoms with van der Waals surface area (Å²) in [5.41, 5.74) is 0.380. The largest absolute Gasteiger partial charge is 0.354 e. The average molecular weight is 263 g/mol. The molecule has 1 aliphatic heterocycles. The Kier molecular flexibility index (Phi) is 3.59. The van der Waals surface area contributed by atoms with Crippen molar-refractivity contribution in [1.29, 1.82) is 0 Å². The maximum absolute atomic E-state index is 12.0. The number of nitrogens with one attached hydrogen (secondary N) is 2. The van der Waals surface area contributed by atoms with Gasteiger partial charge < -0.3 is 15.5 Å². The van der Waals surface area contributed by atoms with Crippen LogP contribution in [0.1, 0.15) is 26.3 Å². The Hall–Kier alpha value is -1.85. The summed E-state index contributed by atoms with van der Waals surface area (Å²) in [6.07, 6.45) is 1.79. The SMILES string of the molecule is CCNc1ncc(C)c(N2CCNC(=O)C2(C)C)n1. The zero-order valence-corrected chi connectivity index (χ0v) is 11.9. The average Bonchev–Trinajstić information content (AvgIpc) is 2.36. The summed E-state index contributed by atoms with van der Waals surface area (Å²) in [5, 5.41) is 5.99. The highest BCUT2D eigenvalue weighted by Gasteiger charge is 2.39. The second-order valence-corrected chi connectivity index (χ2v) is 5.20. The van der Waals surface area contributed by atoms with Crippen LogP contribution in [0.3, 0.4) is 0 Å². The van der Waals surface area contributed by atoms with Crippen molar-refractivity contribution < 1.29 is 4.79 Å². The fraction of sp³-hybridized carbons (Fsp3) is 0.615. The monoisotopic (exact) mass is 263 g/mol. The molecule has 19 heavy (non-hydrogen) atoms. The highest BCUT2D eigenvalue weighted by atomic mass is 16.2. The van der Waals surface area contributed by atoms with Crippen molar-refractivity contribution in [3.63, 3.8) is 0 Å². The van der Waals surface area contributed by atoms with E-state index in [2.05, 4.69) is 20.6 Å². The Labute approximate surface area is 113 Å². The van der Waals surface area contributed by atoms with E-state index in [1.54, 1.807) is 6.20 Å². The van der Waals surface area contributed by atoms with E-state index < -0.39 is 5.54 Å². The fourth-order valence-electron chi connectivity index (χ4n) is 2.22. The Morgan fingerprint density at radius 3 is 2.95 bits per heavy atom. The van der Waals surface area contributed by atoms with Crippen LogP contribution < -0.4 is 15.5 Å². The second-order valence-electron chi connectivity index (χ2n) is 5.20. The van der Waals surface area contributed by atoms with Crippen molar-refractivity contribution in [2.24, 2.45) is 0 Å². The van der Waals surface area contributed by atoms with Gasteiger partial charge in [0.2, 0.25) is 11.9 Å². The third-order valence-electron chi connectivity index (χ3n) is 3.39. The molecule has 2 rings (SSSR count). The summed E-state index contributed by atoms with van der Waals surface area (Å²) < 4.78 is 0. The van der Waals surface area contributed by atoms with Crippen molar-refractivity contribution in [1.82, 2.24) is 15.3 Å². The molecular formula is C13H21N5O. The second kappa shape index (κ2) is 5.03. The van der Waals surface area contributed by atoms with E-state index in [-0.39, 0.29) is 5.91 Å². The van der Waals surface area contributed by atoms with Crippen LogP contribution in [0.25, 0.3) is 0 Å². The lowest BCUT2D eigenvalue weighted by Gasteiger charge is -2.42. The molecule has 0 spiro atoms. The van der Waals surface area contributed by atoms with Crippen LogP contribution in [0, 0.1) is 6.92 Å². The number of hydrogen-bond donors (Lipinski definition) is 2. The van der Waals surface area contributed by atoms with Gasteiger partial charge in [0.15, 0.2) is 0 Å².